The fraction of sp³-hybridized carbons (Fsp3) is 0.562. The van der Waals surface area contributed by atoms with Crippen LogP contribution in [0.5, 0.6) is 0 Å². The second-order valence-electron chi connectivity index (χ2n) is 13.6. The summed E-state index contributed by atoms with van der Waals surface area (Å²) < 4.78 is 142. The van der Waals surface area contributed by atoms with Gasteiger partial charge in [-0.1, -0.05) is 25.7 Å². The van der Waals surface area contributed by atoms with Crippen LogP contribution in [0, 0.1) is 13.8 Å². The molecule has 56 heavy (non-hydrogen) atoms. The average molecular weight is 841 g/mol. The molecule has 2 aliphatic heterocycles. The van der Waals surface area contributed by atoms with Gasteiger partial charge in [0.15, 0.2) is 41.1 Å². The van der Waals surface area contributed by atoms with E-state index < -0.39 is 79.6 Å². The van der Waals surface area contributed by atoms with Crippen LogP contribution in [0.1, 0.15) is 87.1 Å². The lowest BCUT2D eigenvalue weighted by Gasteiger charge is -2.26. The molecule has 308 valence electrons. The van der Waals surface area contributed by atoms with Crippen molar-refractivity contribution in [1.29, 1.82) is 0 Å². The average Bonchev–Trinajstić information content (AvgIpc) is 3.78. The molecular weight excluding hydrogens is 803 g/mol. The molecule has 0 saturated carbocycles. The Hall–Kier alpha value is -4.42. The number of sulfone groups is 2. The number of nitrogens with zero attached hydrogens (tertiary/aromatic N) is 6. The van der Waals surface area contributed by atoms with Crippen molar-refractivity contribution in [1.82, 2.24) is 30.4 Å². The quantitative estimate of drug-likeness (QED) is 0.169. The summed E-state index contributed by atoms with van der Waals surface area (Å²) in [5.74, 6) is -3.46. The minimum Gasteiger partial charge on any atom is -0.416 e. The van der Waals surface area contributed by atoms with Crippen LogP contribution in [0.2, 0.25) is 0 Å². The summed E-state index contributed by atoms with van der Waals surface area (Å²) in [4.78, 5) is 7.99. The molecule has 0 radical (unpaired) electrons. The van der Waals surface area contributed by atoms with Gasteiger partial charge in [-0.2, -0.15) is 26.3 Å². The van der Waals surface area contributed by atoms with Crippen LogP contribution in [-0.2, 0) is 30.9 Å². The summed E-state index contributed by atoms with van der Waals surface area (Å²) in [6.07, 6.45) is -9.58. The van der Waals surface area contributed by atoms with Crippen LogP contribution < -0.4 is 11.5 Å². The fourth-order valence-corrected chi connectivity index (χ4v) is 9.28. The minimum absolute atomic E-state index is 0.00150. The first-order valence-electron chi connectivity index (χ1n) is 17.2. The molecule has 8 bridgehead atoms. The maximum absolute atomic E-state index is 13.5. The number of aliphatic hydroxyl groups is 2. The highest BCUT2D eigenvalue weighted by molar-refractivity contribution is 7.91. The second-order valence-corrected chi connectivity index (χ2v) is 17.7. The van der Waals surface area contributed by atoms with Crippen LogP contribution in [0.15, 0.2) is 31.0 Å². The van der Waals surface area contributed by atoms with Crippen molar-refractivity contribution < 1.29 is 62.2 Å². The number of hydrogen-bond donors (Lipinski definition) is 4. The van der Waals surface area contributed by atoms with Gasteiger partial charge in [0.1, 0.15) is 0 Å². The molecule has 16 nitrogen and oxygen atoms in total. The summed E-state index contributed by atoms with van der Waals surface area (Å²) in [6.45, 7) is 3.04. The molecule has 4 aromatic rings. The third-order valence-corrected chi connectivity index (χ3v) is 12.9. The maximum Gasteiger partial charge on any atom is 0.426 e. The van der Waals surface area contributed by atoms with Gasteiger partial charge in [-0.25, -0.2) is 26.8 Å². The van der Waals surface area contributed by atoms with Crippen LogP contribution in [0.4, 0.5) is 37.7 Å². The second kappa shape index (κ2) is 15.5. The van der Waals surface area contributed by atoms with E-state index in [1.165, 1.54) is 26.0 Å². The lowest BCUT2D eigenvalue weighted by Crippen LogP contribution is -2.42. The normalized spacial score (nSPS) is 23.2. The molecule has 0 aromatic carbocycles. The molecule has 0 amide bonds. The standard InChI is InChI=1S/2C16H19F3N4O4S/c2*1-9-8-10(20)11-12-22-23-14(27-12)15(24,16(17,18)19)6-4-2-3-5-7-28(25,26)13(9)21-11/h2*8,24H,2-7,20H2,1H3/t2*15-/m10/s1. The van der Waals surface area contributed by atoms with E-state index in [1.807, 2.05) is 0 Å². The fourth-order valence-electron chi connectivity index (χ4n) is 6.17. The van der Waals surface area contributed by atoms with Gasteiger partial charge in [-0.3, -0.25) is 0 Å². The topological polar surface area (TPSA) is 264 Å². The van der Waals surface area contributed by atoms with Crippen molar-refractivity contribution in [2.45, 2.75) is 112 Å². The van der Waals surface area contributed by atoms with Crippen LogP contribution >= 0.6 is 0 Å². The Bertz CT molecular complexity index is 2140. The van der Waals surface area contributed by atoms with Crippen LogP contribution in [0.3, 0.4) is 0 Å². The van der Waals surface area contributed by atoms with E-state index >= 15 is 0 Å². The lowest BCUT2D eigenvalue weighted by atomic mass is 9.95. The number of halogens is 6. The summed E-state index contributed by atoms with van der Waals surface area (Å²) in [6, 6.07) is 2.67. The largest absolute Gasteiger partial charge is 0.426 e. The molecule has 0 spiro atoms. The van der Waals surface area contributed by atoms with E-state index in [4.69, 9.17) is 20.3 Å². The monoisotopic (exact) mass is 840 g/mol. The van der Waals surface area contributed by atoms with Gasteiger partial charge < -0.3 is 30.5 Å². The van der Waals surface area contributed by atoms with Gasteiger partial charge in [0, 0.05) is 0 Å². The van der Waals surface area contributed by atoms with E-state index in [1.54, 1.807) is 0 Å². The van der Waals surface area contributed by atoms with Gasteiger partial charge in [0.2, 0.25) is 11.2 Å². The summed E-state index contributed by atoms with van der Waals surface area (Å²) in [7, 11) is -7.45. The summed E-state index contributed by atoms with van der Waals surface area (Å²) >= 11 is 0. The summed E-state index contributed by atoms with van der Waals surface area (Å²) in [5.41, 5.74) is 5.12. The van der Waals surface area contributed by atoms with Gasteiger partial charge in [0.05, 0.1) is 22.9 Å². The Morgan fingerprint density at radius 2 is 0.946 bits per heavy atom. The zero-order valence-electron chi connectivity index (χ0n) is 29.9. The first kappa shape index (κ1) is 42.7. The summed E-state index contributed by atoms with van der Waals surface area (Å²) in [5, 5.41) is 33.8. The number of nitrogen functional groups attached to an aromatic ring is 2. The first-order chi connectivity index (χ1) is 25.9. The number of pyridine rings is 2. The third-order valence-electron chi connectivity index (χ3n) is 9.29. The molecule has 0 aliphatic carbocycles. The van der Waals surface area contributed by atoms with Gasteiger partial charge in [-0.15, -0.1) is 20.4 Å². The highest BCUT2D eigenvalue weighted by Crippen LogP contribution is 2.45. The Morgan fingerprint density at radius 3 is 1.29 bits per heavy atom. The van der Waals surface area contributed by atoms with E-state index in [2.05, 4.69) is 30.4 Å². The lowest BCUT2D eigenvalue weighted by molar-refractivity contribution is -0.277. The van der Waals surface area contributed by atoms with E-state index in [-0.39, 0.29) is 70.0 Å². The molecule has 0 fully saturated rings. The Kier molecular flexibility index (Phi) is 11.8. The molecule has 0 unspecified atom stereocenters. The van der Waals surface area contributed by atoms with Gasteiger partial charge in [0.25, 0.3) is 23.6 Å². The smallest absolute Gasteiger partial charge is 0.416 e. The highest BCUT2D eigenvalue weighted by atomic mass is 32.2. The number of hydrogen-bond acceptors (Lipinski definition) is 16. The van der Waals surface area contributed by atoms with Crippen LogP contribution in [0.25, 0.3) is 23.2 Å². The predicted octanol–water partition coefficient (Wildman–Crippen LogP) is 5.02. The van der Waals surface area contributed by atoms with Crippen molar-refractivity contribution in [3.8, 4) is 23.2 Å². The molecule has 4 aromatic heterocycles. The van der Waals surface area contributed by atoms with E-state index in [0.29, 0.717) is 36.8 Å². The van der Waals surface area contributed by atoms with Crippen molar-refractivity contribution >= 4 is 31.0 Å². The molecular formula is C32H38F6N8O8S2. The number of alkyl halides is 6. The van der Waals surface area contributed by atoms with Gasteiger partial charge >= 0.3 is 12.4 Å². The third kappa shape index (κ3) is 8.46. The number of nitrogens with two attached hydrogens (primary N) is 2. The van der Waals surface area contributed by atoms with Crippen molar-refractivity contribution in [2.75, 3.05) is 23.0 Å². The van der Waals surface area contributed by atoms with E-state index in [0.717, 1.165) is 0 Å². The molecule has 2 aliphatic rings. The van der Waals surface area contributed by atoms with Crippen molar-refractivity contribution in [3.05, 3.63) is 35.0 Å². The highest BCUT2D eigenvalue weighted by Gasteiger charge is 2.59. The molecule has 0 saturated heterocycles. The number of anilines is 2. The van der Waals surface area contributed by atoms with E-state index in [9.17, 15) is 53.4 Å². The molecule has 6 heterocycles. The van der Waals surface area contributed by atoms with Crippen molar-refractivity contribution in [2.24, 2.45) is 0 Å². The number of aryl methyl sites for hydroxylation is 2. The number of rotatable bonds is 0. The molecule has 6 rings (SSSR count). The van der Waals surface area contributed by atoms with Crippen LogP contribution in [-0.4, -0.2) is 81.3 Å². The maximum atomic E-state index is 13.5. The number of fused-ring (bicyclic) bond motifs is 10. The number of aromatic nitrogens is 6. The minimum atomic E-state index is -5.03. The first-order valence-corrected chi connectivity index (χ1v) is 20.5. The SMILES string of the molecule is Cc1cc(N)c2nc1S(=O)(=O)CCCCCC[C@@](O)(C(F)(F)F)c1nnc-2o1.Cc1cc(N)c2nc1S(=O)(=O)CCCCCC[C@](O)(C(F)(F)F)c1nnc-2o1. The zero-order valence-corrected chi connectivity index (χ0v) is 31.5. The predicted molar refractivity (Wildman–Crippen MR) is 184 cm³/mol. The Morgan fingerprint density at radius 1 is 0.607 bits per heavy atom. The Balaban J connectivity index is 0.000000214. The van der Waals surface area contributed by atoms with Gasteiger partial charge in [-0.05, 0) is 75.6 Å². The molecule has 2 atom stereocenters. The van der Waals surface area contributed by atoms with Crippen molar-refractivity contribution in [3.63, 3.8) is 0 Å². The zero-order chi connectivity index (χ0) is 41.5. The molecule has 24 heteroatoms. The Labute approximate surface area is 316 Å². The molecule has 6 N–H and O–H groups in total.